The number of carbonyl (C=O) groups excluding carboxylic acids is 2. The summed E-state index contributed by atoms with van der Waals surface area (Å²) >= 11 is 0. The fourth-order valence-electron chi connectivity index (χ4n) is 4.21. The van der Waals surface area contributed by atoms with Gasteiger partial charge < -0.3 is 9.30 Å². The molecule has 0 aliphatic carbocycles. The summed E-state index contributed by atoms with van der Waals surface area (Å²) in [6.07, 6.45) is 0.819. The third-order valence-corrected chi connectivity index (χ3v) is 5.83. The van der Waals surface area contributed by atoms with Crippen LogP contribution in [0.5, 0.6) is 0 Å². The average Bonchev–Trinajstić information content (AvgIpc) is 3.12. The average molecular weight is 420 g/mol. The topological polar surface area (TPSA) is 64.4 Å². The van der Waals surface area contributed by atoms with Crippen LogP contribution in [0, 0.1) is 18.8 Å². The van der Waals surface area contributed by atoms with Crippen LogP contribution in [0.2, 0.25) is 0 Å². The van der Waals surface area contributed by atoms with Crippen molar-refractivity contribution in [1.29, 1.82) is 0 Å². The van der Waals surface area contributed by atoms with Crippen molar-refractivity contribution in [3.05, 3.63) is 59.7 Å². The van der Waals surface area contributed by atoms with Crippen molar-refractivity contribution in [3.63, 3.8) is 0 Å². The Morgan fingerprint density at radius 1 is 1.13 bits per heavy atom. The Kier molecular flexibility index (Phi) is 5.81. The molecule has 0 unspecified atom stereocenters. The fourth-order valence-corrected chi connectivity index (χ4v) is 4.21. The second-order valence-corrected chi connectivity index (χ2v) is 8.53. The number of carbonyl (C=O) groups is 2. The van der Waals surface area contributed by atoms with Crippen LogP contribution >= 0.6 is 0 Å². The number of anilines is 1. The summed E-state index contributed by atoms with van der Waals surface area (Å²) in [6, 6.07) is 15.3. The quantitative estimate of drug-likeness (QED) is 0.436. The van der Waals surface area contributed by atoms with Gasteiger partial charge in [-0.05, 0) is 43.9 Å². The molecular formula is C25H29N3O3. The van der Waals surface area contributed by atoms with Gasteiger partial charge in [-0.3, -0.25) is 14.5 Å². The third kappa shape index (κ3) is 3.82. The van der Waals surface area contributed by atoms with E-state index >= 15 is 0 Å². The smallest absolute Gasteiger partial charge is 0.321 e. The highest BCUT2D eigenvalue weighted by Crippen LogP contribution is 2.41. The van der Waals surface area contributed by atoms with Gasteiger partial charge in [0.15, 0.2) is 5.92 Å². The van der Waals surface area contributed by atoms with E-state index < -0.39 is 17.9 Å². The van der Waals surface area contributed by atoms with Crippen LogP contribution in [0.1, 0.15) is 44.4 Å². The van der Waals surface area contributed by atoms with Crippen molar-refractivity contribution >= 4 is 28.9 Å². The van der Waals surface area contributed by atoms with Gasteiger partial charge in [0.05, 0.1) is 23.7 Å². The molecule has 4 rings (SSSR count). The number of para-hydroxylation sites is 2. The molecule has 2 atom stereocenters. The zero-order valence-electron chi connectivity index (χ0n) is 18.5. The predicted octanol–water partition coefficient (Wildman–Crippen LogP) is 4.51. The summed E-state index contributed by atoms with van der Waals surface area (Å²) in [5, 5.41) is 0. The van der Waals surface area contributed by atoms with Crippen molar-refractivity contribution < 1.29 is 14.3 Å². The largest absolute Gasteiger partial charge is 0.465 e. The molecular weight excluding hydrogens is 390 g/mol. The second-order valence-electron chi connectivity index (χ2n) is 8.53. The molecule has 162 valence electrons. The first-order chi connectivity index (χ1) is 14.9. The van der Waals surface area contributed by atoms with E-state index in [2.05, 4.69) is 13.8 Å². The number of amides is 1. The number of esters is 1. The number of rotatable bonds is 6. The number of ether oxygens (including phenoxy) is 1. The zero-order chi connectivity index (χ0) is 22.1. The summed E-state index contributed by atoms with van der Waals surface area (Å²) in [4.78, 5) is 33.3. The molecule has 1 aliphatic heterocycles. The first-order valence-electron chi connectivity index (χ1n) is 10.9. The number of nitrogens with zero attached hydrogens (tertiary/aromatic N) is 3. The highest BCUT2D eigenvalue weighted by Gasteiger charge is 2.47. The normalized spacial score (nSPS) is 18.5. The fraction of sp³-hybridized carbons (Fsp3) is 0.400. The van der Waals surface area contributed by atoms with E-state index in [-0.39, 0.29) is 12.5 Å². The minimum absolute atomic E-state index is 0.229. The van der Waals surface area contributed by atoms with Gasteiger partial charge in [0, 0.05) is 6.54 Å². The maximum atomic E-state index is 13.7. The molecule has 1 aliphatic rings. The number of aromatic nitrogens is 2. The van der Waals surface area contributed by atoms with Crippen LogP contribution in [-0.2, 0) is 14.3 Å². The minimum Gasteiger partial charge on any atom is -0.465 e. The van der Waals surface area contributed by atoms with E-state index in [4.69, 9.17) is 9.72 Å². The third-order valence-electron chi connectivity index (χ3n) is 5.83. The van der Waals surface area contributed by atoms with E-state index in [1.165, 1.54) is 0 Å². The van der Waals surface area contributed by atoms with Gasteiger partial charge in [-0.25, -0.2) is 4.98 Å². The summed E-state index contributed by atoms with van der Waals surface area (Å²) in [7, 11) is 0. The highest BCUT2D eigenvalue weighted by molar-refractivity contribution is 6.08. The summed E-state index contributed by atoms with van der Waals surface area (Å²) in [6.45, 7) is 8.76. The van der Waals surface area contributed by atoms with Crippen molar-refractivity contribution in [2.24, 2.45) is 11.8 Å². The standard InChI is InChI=1S/C25H29N3O3/c1-5-31-24(30)21-22(18-12-10-17(4)11-13-18)28-20-9-7-6-8-19(20)26-25(28)27(23(21)29)15-14-16(2)3/h6-13,16,21-22H,5,14-15H2,1-4H3/t21-,22+/m1/s1. The molecule has 0 saturated heterocycles. The minimum atomic E-state index is -0.958. The molecule has 0 spiro atoms. The van der Waals surface area contributed by atoms with Crippen molar-refractivity contribution in [2.45, 2.75) is 40.2 Å². The van der Waals surface area contributed by atoms with Crippen LogP contribution in [0.3, 0.4) is 0 Å². The Morgan fingerprint density at radius 2 is 1.84 bits per heavy atom. The van der Waals surface area contributed by atoms with E-state index in [0.717, 1.165) is 28.6 Å². The molecule has 31 heavy (non-hydrogen) atoms. The lowest BCUT2D eigenvalue weighted by Gasteiger charge is -2.38. The maximum absolute atomic E-state index is 13.7. The SMILES string of the molecule is CCOC(=O)[C@H]1C(=O)N(CCC(C)C)c2nc3ccccc3n2[C@H]1c1ccc(C)cc1. The number of benzene rings is 2. The van der Waals surface area contributed by atoms with Gasteiger partial charge in [-0.1, -0.05) is 55.8 Å². The number of hydrogen-bond donors (Lipinski definition) is 0. The van der Waals surface area contributed by atoms with Crippen LogP contribution in [0.25, 0.3) is 11.0 Å². The highest BCUT2D eigenvalue weighted by atomic mass is 16.5. The first kappa shape index (κ1) is 21.1. The Hall–Kier alpha value is -3.15. The molecule has 6 heteroatoms. The van der Waals surface area contributed by atoms with Gasteiger partial charge in [0.2, 0.25) is 11.9 Å². The lowest BCUT2D eigenvalue weighted by molar-refractivity contribution is -0.153. The number of fused-ring (bicyclic) bond motifs is 3. The lowest BCUT2D eigenvalue weighted by Crippen LogP contribution is -2.50. The molecule has 2 heterocycles. The molecule has 3 aromatic rings. The van der Waals surface area contributed by atoms with Gasteiger partial charge in [0.25, 0.3) is 0 Å². The molecule has 0 saturated carbocycles. The first-order valence-corrected chi connectivity index (χ1v) is 10.9. The maximum Gasteiger partial charge on any atom is 0.321 e. The van der Waals surface area contributed by atoms with Gasteiger partial charge in [-0.15, -0.1) is 0 Å². The monoisotopic (exact) mass is 419 g/mol. The van der Waals surface area contributed by atoms with E-state index in [1.54, 1.807) is 11.8 Å². The molecule has 0 radical (unpaired) electrons. The molecule has 0 bridgehead atoms. The Bertz CT molecular complexity index is 1100. The van der Waals surface area contributed by atoms with Crippen molar-refractivity contribution in [1.82, 2.24) is 9.55 Å². The summed E-state index contributed by atoms with van der Waals surface area (Å²) in [5.74, 6) is -0.678. The molecule has 1 amide bonds. The molecule has 2 aromatic carbocycles. The van der Waals surface area contributed by atoms with E-state index in [1.807, 2.05) is 60.0 Å². The number of imidazole rings is 1. The summed E-state index contributed by atoms with van der Waals surface area (Å²) in [5.41, 5.74) is 3.72. The summed E-state index contributed by atoms with van der Waals surface area (Å²) < 4.78 is 7.43. The zero-order valence-corrected chi connectivity index (χ0v) is 18.5. The van der Waals surface area contributed by atoms with Gasteiger partial charge in [-0.2, -0.15) is 0 Å². The number of hydrogen-bond acceptors (Lipinski definition) is 4. The molecule has 1 aromatic heterocycles. The van der Waals surface area contributed by atoms with Crippen molar-refractivity contribution in [3.8, 4) is 0 Å². The lowest BCUT2D eigenvalue weighted by atomic mass is 9.89. The molecule has 0 fully saturated rings. The van der Waals surface area contributed by atoms with Crippen LogP contribution in [0.4, 0.5) is 5.95 Å². The number of aryl methyl sites for hydroxylation is 1. The predicted molar refractivity (Wildman–Crippen MR) is 121 cm³/mol. The second kappa shape index (κ2) is 8.53. The van der Waals surface area contributed by atoms with Crippen molar-refractivity contribution in [2.75, 3.05) is 18.1 Å². The van der Waals surface area contributed by atoms with E-state index in [9.17, 15) is 9.59 Å². The van der Waals surface area contributed by atoms with Crippen LogP contribution in [-0.4, -0.2) is 34.6 Å². The van der Waals surface area contributed by atoms with E-state index in [0.29, 0.717) is 18.4 Å². The molecule has 6 nitrogen and oxygen atoms in total. The van der Waals surface area contributed by atoms with Gasteiger partial charge in [0.1, 0.15) is 0 Å². The Balaban J connectivity index is 1.95. The molecule has 0 N–H and O–H groups in total. The van der Waals surface area contributed by atoms with Crippen LogP contribution < -0.4 is 4.90 Å². The Morgan fingerprint density at radius 3 is 2.52 bits per heavy atom. The van der Waals surface area contributed by atoms with Crippen LogP contribution in [0.15, 0.2) is 48.5 Å². The Labute approximate surface area is 182 Å². The van der Waals surface area contributed by atoms with Gasteiger partial charge >= 0.3 is 5.97 Å².